The largest absolute Gasteiger partial charge is 0.207 e. The van der Waals surface area contributed by atoms with Gasteiger partial charge in [0.15, 0.2) is 69.8 Å². The predicted octanol–water partition coefficient (Wildman–Crippen LogP) is 14.2. The van der Waals surface area contributed by atoms with E-state index in [4.69, 9.17) is 0 Å². The van der Waals surface area contributed by atoms with Crippen molar-refractivity contribution in [3.05, 3.63) is 245 Å². The molecule has 1 aliphatic rings. The average molecular weight is 1140 g/mol. The Hall–Kier alpha value is -6.60. The van der Waals surface area contributed by atoms with Crippen LogP contribution in [0.4, 0.5) is 87.8 Å². The molecule has 7 aromatic carbocycles. The van der Waals surface area contributed by atoms with Crippen LogP contribution in [0.25, 0.3) is 0 Å². The summed E-state index contributed by atoms with van der Waals surface area (Å²) in [6.45, 7) is 12.1. The molecule has 0 bridgehead atoms. The fourth-order valence-electron chi connectivity index (χ4n) is 10.9. The topological polar surface area (TPSA) is 0 Å². The smallest absolute Gasteiger partial charge is 0.200 e. The van der Waals surface area contributed by atoms with Crippen molar-refractivity contribution in [1.82, 2.24) is 0 Å². The van der Waals surface area contributed by atoms with Crippen LogP contribution in [0.5, 0.6) is 0 Å². The Kier molecular flexibility index (Phi) is 16.3. The molecule has 0 nitrogen and oxygen atoms in total. The van der Waals surface area contributed by atoms with Crippen molar-refractivity contribution in [2.24, 2.45) is 5.41 Å². The molecule has 0 amide bonds. The summed E-state index contributed by atoms with van der Waals surface area (Å²) in [4.78, 5) is 0. The van der Waals surface area contributed by atoms with Gasteiger partial charge in [-0.25, -0.2) is 87.8 Å². The summed E-state index contributed by atoms with van der Waals surface area (Å²) in [5.41, 5.74) is -5.04. The van der Waals surface area contributed by atoms with E-state index in [1.807, 2.05) is 3.88 Å². The summed E-state index contributed by atoms with van der Waals surface area (Å²) in [6.07, 6.45) is -7.22. The Bertz CT molecular complexity index is 3060. The molecule has 0 spiro atoms. The standard InChI is InChI=1S/C24BF20.C10H15.3C7H7.Ti/c26-5-1(6(27)14(35)21(42)13(5)34)25(2-7(28)15(36)22(43)16(37)8(2)29,3-9(30)17(38)23(44)18(39)10(3)31)4-11(32)19(40)24(45)20(41)12(4)33;1-7-6-10(4,5)9(3)8(7)2;3*1-7-5-3-2-4-6-7;/h;1-5H3;3*2-6H,1H2;/q-1;;;;;. The van der Waals surface area contributed by atoms with Crippen LogP contribution < -0.4 is 21.9 Å². The molecule has 0 heterocycles. The Labute approximate surface area is 429 Å². The second kappa shape index (κ2) is 21.7. The van der Waals surface area contributed by atoms with E-state index in [9.17, 15) is 52.7 Å². The third-order valence-corrected chi connectivity index (χ3v) is 22.8. The monoisotopic (exact) mass is 1140 g/mol. The summed E-state index contributed by atoms with van der Waals surface area (Å²) in [5.74, 6) is -71.4. The van der Waals surface area contributed by atoms with E-state index >= 15 is 35.1 Å². The Balaban J connectivity index is 0.000000236. The molecule has 22 heteroatoms. The van der Waals surface area contributed by atoms with Gasteiger partial charge in [0.1, 0.15) is 52.7 Å². The normalized spacial score (nSPS) is 13.7. The maximum absolute atomic E-state index is 15.4. The quantitative estimate of drug-likeness (QED) is 0.0524. The van der Waals surface area contributed by atoms with Gasteiger partial charge >= 0.3 is 199 Å². The van der Waals surface area contributed by atoms with Crippen molar-refractivity contribution >= 4 is 28.0 Å². The van der Waals surface area contributed by atoms with Crippen LogP contribution in [0, 0.1) is 122 Å². The summed E-state index contributed by atoms with van der Waals surface area (Å²) in [7, 11) is 0. The molecule has 0 saturated heterocycles. The van der Waals surface area contributed by atoms with Gasteiger partial charge < -0.3 is 0 Å². The van der Waals surface area contributed by atoms with E-state index in [0.717, 1.165) is 0 Å². The Morgan fingerprint density at radius 1 is 0.299 bits per heavy atom. The fraction of sp³-hybridized carbons (Fsp3) is 0.164. The third-order valence-electron chi connectivity index (χ3n) is 14.5. The van der Waals surface area contributed by atoms with E-state index in [-0.39, 0.29) is 5.41 Å². The zero-order valence-corrected chi connectivity index (χ0v) is 42.0. The van der Waals surface area contributed by atoms with Gasteiger partial charge in [-0.05, 0) is 0 Å². The van der Waals surface area contributed by atoms with Gasteiger partial charge in [0.2, 0.25) is 0 Å². The van der Waals surface area contributed by atoms with Gasteiger partial charge in [-0.1, -0.05) is 0 Å². The molecule has 0 N–H and O–H groups in total. The molecule has 7 aromatic rings. The van der Waals surface area contributed by atoms with Gasteiger partial charge in [0.25, 0.3) is 0 Å². The van der Waals surface area contributed by atoms with Gasteiger partial charge in [-0.3, -0.25) is 0 Å². The summed E-state index contributed by atoms with van der Waals surface area (Å²) < 4.78 is 299. The molecule has 404 valence electrons. The predicted molar refractivity (Wildman–Crippen MR) is 245 cm³/mol. The van der Waals surface area contributed by atoms with E-state index in [1.54, 1.807) is 11.1 Å². The SMILES string of the molecule is CC1=C(C)C(C)(C)[C]([Ti]([CH2]c2ccccc2)([CH2]c2ccccc2)[CH2]c2ccccc2)=C1C.Fc1c(F)c(F)c([B-](c2c(F)c(F)c(F)c(F)c2F)(c2c(F)c(F)c(F)c(F)c2F)c2c(F)c(F)c(F)c(F)c2F)c(F)c1F. The molecule has 0 unspecified atom stereocenters. The maximum atomic E-state index is 15.4. The first-order chi connectivity index (χ1) is 36.0. The van der Waals surface area contributed by atoms with Crippen molar-refractivity contribution in [2.45, 2.75) is 48.8 Å². The second-order valence-electron chi connectivity index (χ2n) is 18.9. The van der Waals surface area contributed by atoms with Crippen LogP contribution in [0.15, 0.2) is 112 Å². The number of rotatable bonds is 11. The first-order valence-corrected chi connectivity index (χ1v) is 26.9. The van der Waals surface area contributed by atoms with Gasteiger partial charge in [0, 0.05) is 0 Å². The van der Waals surface area contributed by atoms with Crippen LogP contribution in [-0.4, -0.2) is 6.15 Å². The van der Waals surface area contributed by atoms with Crippen LogP contribution in [0.3, 0.4) is 0 Å². The van der Waals surface area contributed by atoms with Gasteiger partial charge in [-0.2, -0.15) is 0 Å². The summed E-state index contributed by atoms with van der Waals surface area (Å²) in [5, 5.41) is 0. The minimum absolute atomic E-state index is 0.131. The molecule has 0 atom stereocenters. The van der Waals surface area contributed by atoms with Crippen LogP contribution in [0.1, 0.15) is 51.3 Å². The third kappa shape index (κ3) is 9.48. The van der Waals surface area contributed by atoms with E-state index in [2.05, 4.69) is 126 Å². The molecular weight excluding hydrogens is 1100 g/mol. The summed E-state index contributed by atoms with van der Waals surface area (Å²) in [6, 6.07) is 33.8. The molecule has 0 radical (unpaired) electrons. The van der Waals surface area contributed by atoms with E-state index in [1.165, 1.54) is 36.4 Å². The minimum Gasteiger partial charge on any atom is -0.207 e. The number of hydrogen-bond donors (Lipinski definition) is 0. The van der Waals surface area contributed by atoms with Gasteiger partial charge in [0.05, 0.1) is 0 Å². The maximum Gasteiger partial charge on any atom is 0.200 e. The number of hydrogen-bond acceptors (Lipinski definition) is 0. The average Bonchev–Trinajstić information content (AvgIpc) is 3.63. The van der Waals surface area contributed by atoms with E-state index in [0.29, 0.717) is 0 Å². The second-order valence-corrected chi connectivity index (χ2v) is 25.4. The zero-order valence-electron chi connectivity index (χ0n) is 40.4. The van der Waals surface area contributed by atoms with Crippen LogP contribution >= 0.6 is 0 Å². The van der Waals surface area contributed by atoms with Crippen molar-refractivity contribution in [2.75, 3.05) is 0 Å². The zero-order chi connectivity index (χ0) is 57.1. The molecule has 0 aliphatic heterocycles. The van der Waals surface area contributed by atoms with Crippen LogP contribution in [0.2, 0.25) is 0 Å². The first-order valence-electron chi connectivity index (χ1n) is 22.8. The molecule has 8 rings (SSSR count). The Morgan fingerprint density at radius 2 is 0.494 bits per heavy atom. The number of halogens is 20. The summed E-state index contributed by atoms with van der Waals surface area (Å²) >= 11 is -2.74. The minimum atomic E-state index is -7.22. The Morgan fingerprint density at radius 3 is 0.675 bits per heavy atom. The van der Waals surface area contributed by atoms with Crippen LogP contribution in [-0.2, 0) is 30.8 Å². The molecule has 0 aromatic heterocycles. The number of benzene rings is 7. The van der Waals surface area contributed by atoms with Gasteiger partial charge in [-0.15, -0.1) is 21.9 Å². The molecule has 77 heavy (non-hydrogen) atoms. The van der Waals surface area contributed by atoms with Crippen molar-refractivity contribution in [3.63, 3.8) is 0 Å². The number of allylic oxidation sites excluding steroid dienone is 4. The molecule has 1 aliphatic carbocycles. The van der Waals surface area contributed by atoms with Crippen molar-refractivity contribution < 1.29 is 104 Å². The molecular formula is C55H36BF20Ti-. The first kappa shape index (κ1) is 58.1. The molecule has 0 saturated carbocycles. The van der Waals surface area contributed by atoms with Crippen molar-refractivity contribution in [1.29, 1.82) is 0 Å². The van der Waals surface area contributed by atoms with Crippen molar-refractivity contribution in [3.8, 4) is 0 Å². The molecule has 0 fully saturated rings. The van der Waals surface area contributed by atoms with E-state index < -0.39 is 161 Å². The fourth-order valence-corrected chi connectivity index (χ4v) is 21.0.